The highest BCUT2D eigenvalue weighted by atomic mass is 32.2. The van der Waals surface area contributed by atoms with Crippen LogP contribution in [0.4, 0.5) is 11.4 Å². The van der Waals surface area contributed by atoms with Crippen molar-refractivity contribution in [3.05, 3.63) is 48.0 Å². The molecule has 0 unspecified atom stereocenters. The number of anilines is 2. The Kier molecular flexibility index (Phi) is 7.46. The Morgan fingerprint density at radius 1 is 1.10 bits per heavy atom. The third-order valence-corrected chi connectivity index (χ3v) is 5.78. The fourth-order valence-electron chi connectivity index (χ4n) is 2.75. The van der Waals surface area contributed by atoms with Crippen LogP contribution in [0, 0.1) is 0 Å². The molecule has 29 heavy (non-hydrogen) atoms. The second kappa shape index (κ2) is 9.62. The quantitative estimate of drug-likeness (QED) is 0.608. The Morgan fingerprint density at radius 2 is 1.76 bits per heavy atom. The Labute approximate surface area is 171 Å². The molecule has 8 nitrogen and oxygen atoms in total. The topological polar surface area (TPSA) is 99.2 Å². The molecule has 158 valence electrons. The van der Waals surface area contributed by atoms with Gasteiger partial charge in [-0.1, -0.05) is 0 Å². The van der Waals surface area contributed by atoms with Gasteiger partial charge < -0.3 is 19.6 Å². The van der Waals surface area contributed by atoms with Crippen LogP contribution >= 0.6 is 0 Å². The number of methoxy groups -OCH3 is 1. The van der Waals surface area contributed by atoms with E-state index in [2.05, 4.69) is 4.72 Å². The van der Waals surface area contributed by atoms with Gasteiger partial charge in [0, 0.05) is 19.6 Å². The molecule has 0 fully saturated rings. The summed E-state index contributed by atoms with van der Waals surface area (Å²) >= 11 is 0. The predicted octanol–water partition coefficient (Wildman–Crippen LogP) is 2.58. The molecule has 0 spiro atoms. The van der Waals surface area contributed by atoms with E-state index in [4.69, 9.17) is 4.74 Å². The van der Waals surface area contributed by atoms with Gasteiger partial charge in [-0.3, -0.25) is 4.72 Å². The van der Waals surface area contributed by atoms with E-state index >= 15 is 0 Å². The first-order valence-corrected chi connectivity index (χ1v) is 10.6. The maximum atomic E-state index is 12.9. The van der Waals surface area contributed by atoms with Crippen LogP contribution in [0.2, 0.25) is 0 Å². The van der Waals surface area contributed by atoms with Gasteiger partial charge in [0.05, 0.1) is 28.9 Å². The van der Waals surface area contributed by atoms with Crippen molar-refractivity contribution in [3.8, 4) is 5.75 Å². The van der Waals surface area contributed by atoms with E-state index in [0.717, 1.165) is 6.54 Å². The lowest BCUT2D eigenvalue weighted by atomic mass is 10.1. The molecule has 0 amide bonds. The number of benzene rings is 2. The minimum absolute atomic E-state index is 0.00448. The van der Waals surface area contributed by atoms with Gasteiger partial charge in [0.1, 0.15) is 5.75 Å². The summed E-state index contributed by atoms with van der Waals surface area (Å²) < 4.78 is 33.4. The van der Waals surface area contributed by atoms with E-state index in [9.17, 15) is 18.3 Å². The van der Waals surface area contributed by atoms with Crippen LogP contribution < -0.4 is 14.4 Å². The largest absolute Gasteiger partial charge is 0.497 e. The van der Waals surface area contributed by atoms with E-state index in [1.54, 1.807) is 18.2 Å². The van der Waals surface area contributed by atoms with Crippen LogP contribution in [-0.2, 0) is 10.0 Å². The number of aromatic carboxylic acids is 1. The summed E-state index contributed by atoms with van der Waals surface area (Å²) in [6.07, 6.45) is 0. The first-order chi connectivity index (χ1) is 13.7. The number of ether oxygens (including phenoxy) is 1. The Hall–Kier alpha value is -2.78. The molecular formula is C20H27N3O5S. The summed E-state index contributed by atoms with van der Waals surface area (Å²) in [6, 6.07) is 10.4. The molecule has 0 radical (unpaired) electrons. The number of sulfonamides is 1. The molecule has 0 aliphatic carbocycles. The highest BCUT2D eigenvalue weighted by Gasteiger charge is 2.20. The first-order valence-electron chi connectivity index (χ1n) is 9.11. The standard InChI is InChI=1S/C20H27N3O5S/c1-5-23(13-12-22(2)3)19-11-6-15(20(24)25)14-18(19)21-29(26,27)17-9-7-16(28-4)8-10-17/h6-11,14,21H,5,12-13H2,1-4H3,(H,24,25). The molecule has 0 aliphatic rings. The van der Waals surface area contributed by atoms with Crippen LogP contribution in [0.15, 0.2) is 47.4 Å². The van der Waals surface area contributed by atoms with Gasteiger partial charge in [0.25, 0.3) is 10.0 Å². The van der Waals surface area contributed by atoms with Crippen molar-refractivity contribution in [3.63, 3.8) is 0 Å². The highest BCUT2D eigenvalue weighted by molar-refractivity contribution is 7.92. The highest BCUT2D eigenvalue weighted by Crippen LogP contribution is 2.30. The Bertz CT molecular complexity index is 943. The zero-order chi connectivity index (χ0) is 21.6. The number of nitrogens with one attached hydrogen (secondary N) is 1. The van der Waals surface area contributed by atoms with E-state index in [1.165, 1.54) is 31.4 Å². The number of carboxylic acids is 1. The molecule has 0 bridgehead atoms. The molecule has 9 heteroatoms. The molecule has 2 aromatic rings. The van der Waals surface area contributed by atoms with Crippen molar-refractivity contribution < 1.29 is 23.1 Å². The molecule has 2 N–H and O–H groups in total. The molecular weight excluding hydrogens is 394 g/mol. The van der Waals surface area contributed by atoms with Crippen molar-refractivity contribution in [1.82, 2.24) is 4.90 Å². The molecule has 0 saturated carbocycles. The van der Waals surface area contributed by atoms with Gasteiger partial charge in [0.2, 0.25) is 0 Å². The number of nitrogens with zero attached hydrogens (tertiary/aromatic N) is 2. The van der Waals surface area contributed by atoms with Crippen LogP contribution in [0.3, 0.4) is 0 Å². The van der Waals surface area contributed by atoms with Crippen molar-refractivity contribution in [2.24, 2.45) is 0 Å². The molecule has 0 heterocycles. The van der Waals surface area contributed by atoms with Crippen LogP contribution in [-0.4, -0.2) is 65.2 Å². The van der Waals surface area contributed by atoms with Crippen molar-refractivity contribution in [1.29, 1.82) is 0 Å². The molecule has 2 aromatic carbocycles. The van der Waals surface area contributed by atoms with Crippen molar-refractivity contribution in [2.75, 3.05) is 50.5 Å². The second-order valence-corrected chi connectivity index (χ2v) is 8.38. The lowest BCUT2D eigenvalue weighted by Gasteiger charge is -2.27. The number of carbonyl (C=O) groups is 1. The van der Waals surface area contributed by atoms with Crippen LogP contribution in [0.1, 0.15) is 17.3 Å². The van der Waals surface area contributed by atoms with Gasteiger partial charge in [-0.15, -0.1) is 0 Å². The van der Waals surface area contributed by atoms with Crippen molar-refractivity contribution >= 4 is 27.4 Å². The summed E-state index contributed by atoms with van der Waals surface area (Å²) in [6.45, 7) is 4.02. The molecule has 0 aromatic heterocycles. The van der Waals surface area contributed by atoms with Crippen LogP contribution in [0.25, 0.3) is 0 Å². The molecule has 0 atom stereocenters. The summed E-state index contributed by atoms with van der Waals surface area (Å²) in [5.41, 5.74) is 0.850. The molecule has 2 rings (SSSR count). The van der Waals surface area contributed by atoms with Gasteiger partial charge in [-0.2, -0.15) is 0 Å². The van der Waals surface area contributed by atoms with Gasteiger partial charge in [-0.05, 0) is 63.5 Å². The lowest BCUT2D eigenvalue weighted by molar-refractivity contribution is 0.0697. The summed E-state index contributed by atoms with van der Waals surface area (Å²) in [7, 11) is 1.49. The third-order valence-electron chi connectivity index (χ3n) is 4.40. The second-order valence-electron chi connectivity index (χ2n) is 6.70. The first kappa shape index (κ1) is 22.5. The normalized spacial score (nSPS) is 11.3. The van der Waals surface area contributed by atoms with E-state index in [-0.39, 0.29) is 16.1 Å². The average molecular weight is 422 g/mol. The predicted molar refractivity (Wildman–Crippen MR) is 114 cm³/mol. The lowest BCUT2D eigenvalue weighted by Crippen LogP contribution is -2.32. The zero-order valence-corrected chi connectivity index (χ0v) is 17.9. The monoisotopic (exact) mass is 421 g/mol. The third kappa shape index (κ3) is 5.85. The zero-order valence-electron chi connectivity index (χ0n) is 17.0. The number of hydrogen-bond donors (Lipinski definition) is 2. The van der Waals surface area contributed by atoms with Gasteiger partial charge >= 0.3 is 5.97 Å². The minimum Gasteiger partial charge on any atom is -0.497 e. The van der Waals surface area contributed by atoms with E-state index in [0.29, 0.717) is 24.5 Å². The summed E-state index contributed by atoms with van der Waals surface area (Å²) in [5, 5.41) is 9.33. The van der Waals surface area contributed by atoms with E-state index in [1.807, 2.05) is 30.8 Å². The SMILES string of the molecule is CCN(CCN(C)C)c1ccc(C(=O)O)cc1NS(=O)(=O)c1ccc(OC)cc1. The number of carboxylic acid groups (broad SMARTS) is 1. The van der Waals surface area contributed by atoms with E-state index < -0.39 is 16.0 Å². The maximum Gasteiger partial charge on any atom is 0.335 e. The Morgan fingerprint density at radius 3 is 2.28 bits per heavy atom. The number of rotatable bonds is 10. The van der Waals surface area contributed by atoms with Gasteiger partial charge in [0.15, 0.2) is 0 Å². The van der Waals surface area contributed by atoms with Gasteiger partial charge in [-0.25, -0.2) is 13.2 Å². The maximum absolute atomic E-state index is 12.9. The fraction of sp³-hybridized carbons (Fsp3) is 0.350. The van der Waals surface area contributed by atoms with Crippen LogP contribution in [0.5, 0.6) is 5.75 Å². The minimum atomic E-state index is -3.91. The smallest absolute Gasteiger partial charge is 0.335 e. The average Bonchev–Trinajstić information content (AvgIpc) is 2.68. The summed E-state index contributed by atoms with van der Waals surface area (Å²) in [5.74, 6) is -0.587. The van der Waals surface area contributed by atoms with Crippen molar-refractivity contribution in [2.45, 2.75) is 11.8 Å². The Balaban J connectivity index is 2.44. The molecule has 0 aliphatic heterocycles. The molecule has 0 saturated heterocycles. The number of likely N-dealkylation sites (N-methyl/N-ethyl adjacent to an activating group) is 2. The summed E-state index contributed by atoms with van der Waals surface area (Å²) in [4.78, 5) is 15.5. The fourth-order valence-corrected chi connectivity index (χ4v) is 3.82. The number of hydrogen-bond acceptors (Lipinski definition) is 6.